The van der Waals surface area contributed by atoms with Gasteiger partial charge < -0.3 is 16.0 Å². The van der Waals surface area contributed by atoms with Crippen molar-refractivity contribution < 1.29 is 9.59 Å². The highest BCUT2D eigenvalue weighted by Gasteiger charge is 2.22. The number of hydrogen-bond donors (Lipinski definition) is 4. The van der Waals surface area contributed by atoms with Crippen LogP contribution in [-0.2, 0) is 17.8 Å². The van der Waals surface area contributed by atoms with Gasteiger partial charge in [-0.25, -0.2) is 0 Å². The number of aryl methyl sites for hydroxylation is 1. The number of fused-ring (bicyclic) bond motifs is 1. The molecule has 0 unspecified atom stereocenters. The van der Waals surface area contributed by atoms with E-state index in [0.717, 1.165) is 61.4 Å². The third kappa shape index (κ3) is 4.65. The molecule has 1 aromatic carbocycles. The molecule has 0 aliphatic carbocycles. The number of carbonyl (C=O) groups excluding carboxylic acids is 2. The summed E-state index contributed by atoms with van der Waals surface area (Å²) in [7, 11) is 0. The molecule has 2 aliphatic rings. The van der Waals surface area contributed by atoms with E-state index in [9.17, 15) is 9.59 Å². The fourth-order valence-electron chi connectivity index (χ4n) is 3.95. The second-order valence-corrected chi connectivity index (χ2v) is 7.82. The minimum Gasteiger partial charge on any atom is -0.325 e. The molecule has 8 heteroatoms. The van der Waals surface area contributed by atoms with Crippen LogP contribution in [0.2, 0.25) is 0 Å². The van der Waals surface area contributed by atoms with Crippen molar-refractivity contribution in [2.45, 2.75) is 39.2 Å². The van der Waals surface area contributed by atoms with Crippen LogP contribution in [0.4, 0.5) is 11.4 Å². The highest BCUT2D eigenvalue weighted by molar-refractivity contribution is 6.04. The number of anilines is 2. The highest BCUT2D eigenvalue weighted by atomic mass is 16.2. The van der Waals surface area contributed by atoms with Crippen molar-refractivity contribution >= 4 is 23.2 Å². The second-order valence-electron chi connectivity index (χ2n) is 7.82. The van der Waals surface area contributed by atoms with Gasteiger partial charge in [0.25, 0.3) is 5.91 Å². The average Bonchev–Trinajstić information content (AvgIpc) is 3.15. The summed E-state index contributed by atoms with van der Waals surface area (Å²) in [4.78, 5) is 27.4. The van der Waals surface area contributed by atoms with Gasteiger partial charge in [0.1, 0.15) is 0 Å². The summed E-state index contributed by atoms with van der Waals surface area (Å²) in [5.41, 5.74) is 4.67. The van der Waals surface area contributed by atoms with Crippen molar-refractivity contribution in [3.63, 3.8) is 0 Å². The Morgan fingerprint density at radius 1 is 1.17 bits per heavy atom. The molecule has 1 fully saturated rings. The van der Waals surface area contributed by atoms with Gasteiger partial charge in [-0.3, -0.25) is 19.6 Å². The van der Waals surface area contributed by atoms with E-state index in [-0.39, 0.29) is 11.8 Å². The molecule has 2 aliphatic heterocycles. The lowest BCUT2D eigenvalue weighted by atomic mass is 10.1. The summed E-state index contributed by atoms with van der Waals surface area (Å²) in [6.07, 6.45) is 4.39. The molecule has 0 bridgehead atoms. The molecule has 1 aromatic heterocycles. The Labute approximate surface area is 170 Å². The Bertz CT molecular complexity index is 901. The molecule has 0 spiro atoms. The standard InChI is InChI=1S/C21H28N6O2/c1-14-5-6-15(11-18(14)24-19(28)13-27-9-3-2-4-10-27)23-21(29)20-16-12-22-8-7-17(16)25-26-20/h5-6,11,22H,2-4,7-10,12-13H2,1H3,(H,23,29)(H,24,28)(H,25,26). The molecule has 1 saturated heterocycles. The lowest BCUT2D eigenvalue weighted by Gasteiger charge is -2.25. The van der Waals surface area contributed by atoms with E-state index in [4.69, 9.17) is 0 Å². The molecule has 4 N–H and O–H groups in total. The van der Waals surface area contributed by atoms with Crippen molar-refractivity contribution in [2.75, 3.05) is 36.8 Å². The number of piperidine rings is 1. The van der Waals surface area contributed by atoms with E-state index in [2.05, 4.69) is 31.0 Å². The van der Waals surface area contributed by atoms with Crippen molar-refractivity contribution in [1.82, 2.24) is 20.4 Å². The van der Waals surface area contributed by atoms with Crippen LogP contribution in [0.25, 0.3) is 0 Å². The first-order valence-electron chi connectivity index (χ1n) is 10.3. The fraction of sp³-hybridized carbons (Fsp3) is 0.476. The number of amides is 2. The minimum absolute atomic E-state index is 0.0223. The summed E-state index contributed by atoms with van der Waals surface area (Å²) in [6.45, 7) is 5.83. The van der Waals surface area contributed by atoms with Gasteiger partial charge in [-0.2, -0.15) is 5.10 Å². The zero-order chi connectivity index (χ0) is 20.2. The number of carbonyl (C=O) groups is 2. The van der Waals surface area contributed by atoms with Gasteiger partial charge in [0.2, 0.25) is 5.91 Å². The van der Waals surface area contributed by atoms with Crippen molar-refractivity contribution in [3.8, 4) is 0 Å². The zero-order valence-electron chi connectivity index (χ0n) is 16.8. The van der Waals surface area contributed by atoms with E-state index in [0.29, 0.717) is 24.5 Å². The Morgan fingerprint density at radius 2 is 2.00 bits per heavy atom. The maximum absolute atomic E-state index is 12.7. The minimum atomic E-state index is -0.249. The van der Waals surface area contributed by atoms with E-state index in [1.165, 1.54) is 6.42 Å². The Morgan fingerprint density at radius 3 is 2.83 bits per heavy atom. The van der Waals surface area contributed by atoms with E-state index in [1.807, 2.05) is 19.1 Å². The normalized spacial score (nSPS) is 16.9. The van der Waals surface area contributed by atoms with E-state index in [1.54, 1.807) is 6.07 Å². The number of aromatic amines is 1. The Hall–Kier alpha value is -2.71. The summed E-state index contributed by atoms with van der Waals surface area (Å²) in [5.74, 6) is -0.272. The molecule has 8 nitrogen and oxygen atoms in total. The lowest BCUT2D eigenvalue weighted by molar-refractivity contribution is -0.117. The zero-order valence-corrected chi connectivity index (χ0v) is 16.8. The fourth-order valence-corrected chi connectivity index (χ4v) is 3.95. The number of nitrogens with zero attached hydrogens (tertiary/aromatic N) is 2. The van der Waals surface area contributed by atoms with Crippen LogP contribution in [0.15, 0.2) is 18.2 Å². The molecule has 3 heterocycles. The SMILES string of the molecule is Cc1ccc(NC(=O)c2n[nH]c3c2CNCC3)cc1NC(=O)CN1CCCCC1. The number of rotatable bonds is 5. The Balaban J connectivity index is 1.42. The number of nitrogens with one attached hydrogen (secondary N) is 4. The van der Waals surface area contributed by atoms with Gasteiger partial charge >= 0.3 is 0 Å². The number of H-pyrrole nitrogens is 1. The molecule has 154 valence electrons. The van der Waals surface area contributed by atoms with Crippen molar-refractivity contribution in [2.24, 2.45) is 0 Å². The molecular weight excluding hydrogens is 368 g/mol. The van der Waals surface area contributed by atoms with Crippen LogP contribution in [0.3, 0.4) is 0 Å². The number of benzene rings is 1. The summed E-state index contributed by atoms with van der Waals surface area (Å²) in [6, 6.07) is 5.54. The molecule has 0 saturated carbocycles. The number of likely N-dealkylation sites (tertiary alicyclic amines) is 1. The largest absolute Gasteiger partial charge is 0.325 e. The van der Waals surface area contributed by atoms with Gasteiger partial charge in [0, 0.05) is 42.1 Å². The average molecular weight is 396 g/mol. The topological polar surface area (TPSA) is 102 Å². The summed E-state index contributed by atoms with van der Waals surface area (Å²) in [5, 5.41) is 16.3. The van der Waals surface area contributed by atoms with Gasteiger partial charge in [-0.05, 0) is 50.6 Å². The third-order valence-corrected chi connectivity index (χ3v) is 5.61. The Kier molecular flexibility index (Phi) is 5.92. The quantitative estimate of drug-likeness (QED) is 0.620. The van der Waals surface area contributed by atoms with Gasteiger partial charge in [0.15, 0.2) is 5.69 Å². The first-order chi connectivity index (χ1) is 14.1. The third-order valence-electron chi connectivity index (χ3n) is 5.61. The maximum Gasteiger partial charge on any atom is 0.276 e. The van der Waals surface area contributed by atoms with Gasteiger partial charge in [-0.15, -0.1) is 0 Å². The van der Waals surface area contributed by atoms with Crippen molar-refractivity contribution in [3.05, 3.63) is 40.7 Å². The van der Waals surface area contributed by atoms with Crippen LogP contribution in [0, 0.1) is 6.92 Å². The molecule has 2 amide bonds. The predicted octanol–water partition coefficient (Wildman–Crippen LogP) is 2.04. The van der Waals surface area contributed by atoms with E-state index >= 15 is 0 Å². The maximum atomic E-state index is 12.7. The van der Waals surface area contributed by atoms with Crippen LogP contribution in [-0.4, -0.2) is 53.1 Å². The summed E-state index contributed by atoms with van der Waals surface area (Å²) < 4.78 is 0. The highest BCUT2D eigenvalue weighted by Crippen LogP contribution is 2.22. The molecule has 2 aromatic rings. The van der Waals surface area contributed by atoms with Crippen LogP contribution in [0.1, 0.15) is 46.6 Å². The number of hydrogen-bond acceptors (Lipinski definition) is 5. The second kappa shape index (κ2) is 8.75. The molecule has 0 radical (unpaired) electrons. The van der Waals surface area contributed by atoms with Crippen LogP contribution < -0.4 is 16.0 Å². The van der Waals surface area contributed by atoms with Gasteiger partial charge in [0.05, 0.1) is 6.54 Å². The summed E-state index contributed by atoms with van der Waals surface area (Å²) >= 11 is 0. The monoisotopic (exact) mass is 396 g/mol. The first-order valence-corrected chi connectivity index (χ1v) is 10.3. The molecule has 29 heavy (non-hydrogen) atoms. The smallest absolute Gasteiger partial charge is 0.276 e. The van der Waals surface area contributed by atoms with Crippen molar-refractivity contribution in [1.29, 1.82) is 0 Å². The molecule has 0 atom stereocenters. The van der Waals surface area contributed by atoms with Crippen LogP contribution >= 0.6 is 0 Å². The van der Waals surface area contributed by atoms with Gasteiger partial charge in [-0.1, -0.05) is 12.5 Å². The molecular formula is C21H28N6O2. The van der Waals surface area contributed by atoms with Crippen LogP contribution in [0.5, 0.6) is 0 Å². The number of aromatic nitrogens is 2. The molecule has 4 rings (SSSR count). The first kappa shape index (κ1) is 19.6. The predicted molar refractivity (Wildman–Crippen MR) is 112 cm³/mol. The lowest BCUT2D eigenvalue weighted by Crippen LogP contribution is -2.36. The van der Waals surface area contributed by atoms with E-state index < -0.39 is 0 Å².